The van der Waals surface area contributed by atoms with Crippen molar-refractivity contribution >= 4 is 23.8 Å². The van der Waals surface area contributed by atoms with Crippen LogP contribution >= 0.6 is 11.8 Å². The normalized spacial score (nSPS) is 13.1. The molecule has 0 spiro atoms. The van der Waals surface area contributed by atoms with Gasteiger partial charge in [-0.25, -0.2) is 9.59 Å². The topological polar surface area (TPSA) is 60.9 Å². The highest BCUT2D eigenvalue weighted by atomic mass is 32.2. The fourth-order valence-corrected chi connectivity index (χ4v) is 1.87. The van der Waals surface area contributed by atoms with Gasteiger partial charge in [-0.3, -0.25) is 0 Å². The number of amides is 2. The fourth-order valence-electron chi connectivity index (χ4n) is 1.16. The van der Waals surface area contributed by atoms with Crippen LogP contribution in [0.4, 0.5) is 4.79 Å². The molecule has 0 radical (unpaired) electrons. The minimum Gasteiger partial charge on any atom is -0.480 e. The summed E-state index contributed by atoms with van der Waals surface area (Å²) in [6.45, 7) is 4.97. The van der Waals surface area contributed by atoms with Crippen molar-refractivity contribution in [2.75, 3.05) is 26.1 Å². The molecule has 1 atom stereocenters. The van der Waals surface area contributed by atoms with E-state index in [0.717, 1.165) is 5.75 Å². The Morgan fingerprint density at radius 1 is 1.35 bits per heavy atom. The molecule has 0 rings (SSSR count). The largest absolute Gasteiger partial charge is 0.480 e. The number of hydrogen-bond donors (Lipinski definition) is 1. The van der Waals surface area contributed by atoms with E-state index in [1.165, 1.54) is 25.8 Å². The zero-order valence-electron chi connectivity index (χ0n) is 11.4. The van der Waals surface area contributed by atoms with Crippen LogP contribution in [0.25, 0.3) is 0 Å². The van der Waals surface area contributed by atoms with Crippen LogP contribution in [0.1, 0.15) is 20.8 Å². The molecule has 1 N–H and O–H groups in total. The molecule has 0 aliphatic rings. The van der Waals surface area contributed by atoms with Gasteiger partial charge in [-0.2, -0.15) is 11.8 Å². The maximum Gasteiger partial charge on any atom is 0.329 e. The molecule has 0 aromatic heterocycles. The van der Waals surface area contributed by atoms with Crippen LogP contribution in [0.15, 0.2) is 0 Å². The first-order chi connectivity index (χ1) is 7.66. The molecule has 6 heteroatoms. The Bertz CT molecular complexity index is 294. The summed E-state index contributed by atoms with van der Waals surface area (Å²) in [5, 5.41) is 9.07. The molecule has 0 fully saturated rings. The molecule has 0 aliphatic heterocycles. The van der Waals surface area contributed by atoms with Crippen LogP contribution in [0, 0.1) is 0 Å². The van der Waals surface area contributed by atoms with Gasteiger partial charge in [-0.1, -0.05) is 0 Å². The van der Waals surface area contributed by atoms with Crippen molar-refractivity contribution in [2.45, 2.75) is 32.4 Å². The standard InChI is InChI=1S/C11H22N2O3S/c1-8(7-17-6)12(4)10(16)13(5)11(2,3)9(14)15/h8H,7H2,1-6H3,(H,14,15). The Morgan fingerprint density at radius 3 is 2.18 bits per heavy atom. The highest BCUT2D eigenvalue weighted by Crippen LogP contribution is 2.16. The smallest absolute Gasteiger partial charge is 0.329 e. The molecule has 0 aromatic carbocycles. The summed E-state index contributed by atoms with van der Waals surface area (Å²) in [6, 6.07) is -0.205. The maximum absolute atomic E-state index is 12.1. The van der Waals surface area contributed by atoms with Gasteiger partial charge in [-0.05, 0) is 27.0 Å². The van der Waals surface area contributed by atoms with Gasteiger partial charge in [0, 0.05) is 25.9 Å². The van der Waals surface area contributed by atoms with E-state index in [2.05, 4.69) is 0 Å². The summed E-state index contributed by atoms with van der Waals surface area (Å²) in [7, 11) is 3.20. The summed E-state index contributed by atoms with van der Waals surface area (Å²) in [4.78, 5) is 26.0. The molecular weight excluding hydrogens is 240 g/mol. The van der Waals surface area contributed by atoms with Crippen molar-refractivity contribution in [2.24, 2.45) is 0 Å². The zero-order chi connectivity index (χ0) is 13.8. The molecule has 0 aromatic rings. The van der Waals surface area contributed by atoms with E-state index in [9.17, 15) is 9.59 Å². The predicted octanol–water partition coefficient (Wildman–Crippen LogP) is 1.58. The first-order valence-electron chi connectivity index (χ1n) is 5.39. The van der Waals surface area contributed by atoms with Gasteiger partial charge in [0.1, 0.15) is 5.54 Å². The molecule has 5 nitrogen and oxygen atoms in total. The lowest BCUT2D eigenvalue weighted by Gasteiger charge is -2.36. The third kappa shape index (κ3) is 3.80. The van der Waals surface area contributed by atoms with Crippen LogP contribution in [0.2, 0.25) is 0 Å². The van der Waals surface area contributed by atoms with Gasteiger partial charge in [0.05, 0.1) is 0 Å². The number of carbonyl (C=O) groups excluding carboxylic acids is 1. The predicted molar refractivity (Wildman–Crippen MR) is 70.5 cm³/mol. The van der Waals surface area contributed by atoms with E-state index in [4.69, 9.17) is 5.11 Å². The Balaban J connectivity index is 4.76. The van der Waals surface area contributed by atoms with E-state index in [-0.39, 0.29) is 12.1 Å². The van der Waals surface area contributed by atoms with E-state index in [1.54, 1.807) is 23.7 Å². The summed E-state index contributed by atoms with van der Waals surface area (Å²) in [5.41, 5.74) is -1.20. The average Bonchev–Trinajstić information content (AvgIpc) is 2.25. The Morgan fingerprint density at radius 2 is 1.82 bits per heavy atom. The number of urea groups is 1. The van der Waals surface area contributed by atoms with Crippen molar-refractivity contribution in [3.8, 4) is 0 Å². The summed E-state index contributed by atoms with van der Waals surface area (Å²) < 4.78 is 0. The average molecular weight is 262 g/mol. The second-order valence-corrected chi connectivity index (χ2v) is 5.53. The van der Waals surface area contributed by atoms with Crippen LogP contribution in [0.3, 0.4) is 0 Å². The van der Waals surface area contributed by atoms with Gasteiger partial charge in [0.15, 0.2) is 0 Å². The Kier molecular flexibility index (Phi) is 5.81. The van der Waals surface area contributed by atoms with E-state index < -0.39 is 11.5 Å². The maximum atomic E-state index is 12.1. The SMILES string of the molecule is CSCC(C)N(C)C(=O)N(C)C(C)(C)C(=O)O. The van der Waals surface area contributed by atoms with Crippen LogP contribution < -0.4 is 0 Å². The van der Waals surface area contributed by atoms with Crippen LogP contribution in [0.5, 0.6) is 0 Å². The van der Waals surface area contributed by atoms with Crippen LogP contribution in [-0.2, 0) is 4.79 Å². The molecular formula is C11H22N2O3S. The summed E-state index contributed by atoms with van der Waals surface area (Å²) in [5.74, 6) is -0.192. The van der Waals surface area contributed by atoms with Gasteiger partial charge < -0.3 is 14.9 Å². The molecule has 0 heterocycles. The zero-order valence-corrected chi connectivity index (χ0v) is 12.2. The number of thioether (sulfide) groups is 1. The highest BCUT2D eigenvalue weighted by Gasteiger charge is 2.37. The second-order valence-electron chi connectivity index (χ2n) is 4.62. The van der Waals surface area contributed by atoms with Crippen molar-refractivity contribution in [1.82, 2.24) is 9.80 Å². The van der Waals surface area contributed by atoms with Gasteiger partial charge in [-0.15, -0.1) is 0 Å². The molecule has 100 valence electrons. The Hall–Kier alpha value is -0.910. The lowest BCUT2D eigenvalue weighted by Crippen LogP contribution is -2.56. The monoisotopic (exact) mass is 262 g/mol. The summed E-state index contributed by atoms with van der Waals surface area (Å²) in [6.07, 6.45) is 1.97. The number of likely N-dealkylation sites (N-methyl/N-ethyl adjacent to an activating group) is 1. The molecule has 2 amide bonds. The van der Waals surface area contributed by atoms with Gasteiger partial charge in [0.2, 0.25) is 0 Å². The highest BCUT2D eigenvalue weighted by molar-refractivity contribution is 7.98. The number of rotatable bonds is 5. The molecule has 0 saturated carbocycles. The summed E-state index contributed by atoms with van der Waals surface area (Å²) >= 11 is 1.65. The lowest BCUT2D eigenvalue weighted by molar-refractivity contribution is -0.147. The fraction of sp³-hybridized carbons (Fsp3) is 0.818. The quantitative estimate of drug-likeness (QED) is 0.817. The number of carboxylic acids is 1. The molecule has 0 saturated heterocycles. The number of hydrogen-bond acceptors (Lipinski definition) is 3. The molecule has 0 aliphatic carbocycles. The number of nitrogens with zero attached hydrogens (tertiary/aromatic N) is 2. The minimum absolute atomic E-state index is 0.0737. The number of carbonyl (C=O) groups is 2. The van der Waals surface area contributed by atoms with E-state index >= 15 is 0 Å². The first-order valence-corrected chi connectivity index (χ1v) is 6.78. The number of carboxylic acid groups (broad SMARTS) is 1. The first kappa shape index (κ1) is 16.1. The van der Waals surface area contributed by atoms with E-state index in [1.807, 2.05) is 13.2 Å². The van der Waals surface area contributed by atoms with Crippen molar-refractivity contribution in [3.05, 3.63) is 0 Å². The minimum atomic E-state index is -1.20. The van der Waals surface area contributed by atoms with Gasteiger partial charge in [0.25, 0.3) is 0 Å². The lowest BCUT2D eigenvalue weighted by atomic mass is 10.0. The van der Waals surface area contributed by atoms with Crippen molar-refractivity contribution < 1.29 is 14.7 Å². The molecule has 17 heavy (non-hydrogen) atoms. The Labute approximate surface area is 107 Å². The third-order valence-corrected chi connectivity index (χ3v) is 3.84. The number of aliphatic carboxylic acids is 1. The van der Waals surface area contributed by atoms with E-state index in [0.29, 0.717) is 0 Å². The van der Waals surface area contributed by atoms with Crippen molar-refractivity contribution in [3.63, 3.8) is 0 Å². The van der Waals surface area contributed by atoms with Crippen molar-refractivity contribution in [1.29, 1.82) is 0 Å². The van der Waals surface area contributed by atoms with Crippen LogP contribution in [-0.4, -0.2) is 64.6 Å². The molecule has 1 unspecified atom stereocenters. The molecule has 0 bridgehead atoms. The third-order valence-electron chi connectivity index (χ3n) is 3.02. The second kappa shape index (κ2) is 6.14. The van der Waals surface area contributed by atoms with Gasteiger partial charge >= 0.3 is 12.0 Å².